The number of aliphatic hydroxyl groups excluding tert-OH is 1. The van der Waals surface area contributed by atoms with Crippen molar-refractivity contribution in [1.82, 2.24) is 9.55 Å². The highest BCUT2D eigenvalue weighted by Gasteiger charge is 2.19. The molecular formula is C17H20N2OS. The molecule has 1 aliphatic rings. The largest absolute Gasteiger partial charge is 0.392 e. The fraction of sp³-hybridized carbons (Fsp3) is 0.412. The SMILES string of the molecule is C[C@H](O)Cn1c(-c2ccccc2)nc(=S)c2c1CCCC2. The van der Waals surface area contributed by atoms with E-state index in [1.807, 2.05) is 37.3 Å². The molecule has 1 atom stereocenters. The third-order valence-corrected chi connectivity index (χ3v) is 4.30. The van der Waals surface area contributed by atoms with E-state index >= 15 is 0 Å². The molecule has 1 heterocycles. The molecule has 0 spiro atoms. The van der Waals surface area contributed by atoms with Gasteiger partial charge >= 0.3 is 0 Å². The van der Waals surface area contributed by atoms with Gasteiger partial charge in [0.05, 0.1) is 12.6 Å². The molecule has 21 heavy (non-hydrogen) atoms. The first-order valence-corrected chi connectivity index (χ1v) is 7.93. The van der Waals surface area contributed by atoms with Gasteiger partial charge in [0.2, 0.25) is 0 Å². The van der Waals surface area contributed by atoms with Crippen LogP contribution in [-0.4, -0.2) is 20.8 Å². The van der Waals surface area contributed by atoms with Crippen molar-refractivity contribution in [2.24, 2.45) is 0 Å². The molecule has 0 saturated carbocycles. The number of fused-ring (bicyclic) bond motifs is 1. The van der Waals surface area contributed by atoms with Crippen LogP contribution >= 0.6 is 12.2 Å². The van der Waals surface area contributed by atoms with Crippen LogP contribution in [0.1, 0.15) is 31.0 Å². The molecule has 1 aromatic carbocycles. The minimum absolute atomic E-state index is 0.402. The van der Waals surface area contributed by atoms with E-state index in [1.54, 1.807) is 0 Å². The normalized spacial score (nSPS) is 15.5. The van der Waals surface area contributed by atoms with E-state index in [9.17, 15) is 5.11 Å². The Labute approximate surface area is 130 Å². The van der Waals surface area contributed by atoms with Gasteiger partial charge in [-0.1, -0.05) is 42.5 Å². The summed E-state index contributed by atoms with van der Waals surface area (Å²) >= 11 is 5.51. The molecule has 0 fully saturated rings. The van der Waals surface area contributed by atoms with Gasteiger partial charge in [-0.25, -0.2) is 4.98 Å². The zero-order valence-electron chi connectivity index (χ0n) is 12.2. The zero-order valence-corrected chi connectivity index (χ0v) is 13.1. The van der Waals surface area contributed by atoms with Crippen LogP contribution in [0, 0.1) is 4.64 Å². The second kappa shape index (κ2) is 6.08. The Hall–Kier alpha value is -1.52. The van der Waals surface area contributed by atoms with Crippen molar-refractivity contribution in [3.8, 4) is 11.4 Å². The first-order valence-electron chi connectivity index (χ1n) is 7.53. The van der Waals surface area contributed by atoms with Gasteiger partial charge in [0, 0.05) is 16.8 Å². The van der Waals surface area contributed by atoms with Gasteiger partial charge in [0.1, 0.15) is 10.5 Å². The molecule has 0 unspecified atom stereocenters. The Morgan fingerprint density at radius 1 is 1.24 bits per heavy atom. The quantitative estimate of drug-likeness (QED) is 0.881. The van der Waals surface area contributed by atoms with Crippen LogP contribution < -0.4 is 0 Å². The summed E-state index contributed by atoms with van der Waals surface area (Å²) in [4.78, 5) is 4.68. The molecule has 0 bridgehead atoms. The maximum absolute atomic E-state index is 9.87. The van der Waals surface area contributed by atoms with Crippen LogP contribution in [0.4, 0.5) is 0 Å². The lowest BCUT2D eigenvalue weighted by molar-refractivity contribution is 0.172. The number of hydrogen-bond donors (Lipinski definition) is 1. The fourth-order valence-electron chi connectivity index (χ4n) is 3.04. The molecule has 1 aromatic heterocycles. The van der Waals surface area contributed by atoms with Crippen LogP contribution in [0.2, 0.25) is 0 Å². The average molecular weight is 300 g/mol. The van der Waals surface area contributed by atoms with Gasteiger partial charge in [0.25, 0.3) is 0 Å². The third kappa shape index (κ3) is 2.92. The van der Waals surface area contributed by atoms with Crippen LogP contribution in [0.3, 0.4) is 0 Å². The Morgan fingerprint density at radius 3 is 2.67 bits per heavy atom. The van der Waals surface area contributed by atoms with Crippen molar-refractivity contribution < 1.29 is 5.11 Å². The van der Waals surface area contributed by atoms with Gasteiger partial charge in [0.15, 0.2) is 0 Å². The van der Waals surface area contributed by atoms with Crippen LogP contribution in [0.15, 0.2) is 30.3 Å². The Balaban J connectivity index is 2.23. The molecule has 0 amide bonds. The molecule has 1 aliphatic carbocycles. The van der Waals surface area contributed by atoms with Gasteiger partial charge < -0.3 is 9.67 Å². The minimum Gasteiger partial charge on any atom is -0.392 e. The highest BCUT2D eigenvalue weighted by atomic mass is 32.1. The summed E-state index contributed by atoms with van der Waals surface area (Å²) in [5, 5.41) is 9.87. The van der Waals surface area contributed by atoms with Crippen molar-refractivity contribution >= 4 is 12.2 Å². The lowest BCUT2D eigenvalue weighted by Crippen LogP contribution is -2.22. The molecule has 3 nitrogen and oxygen atoms in total. The molecule has 0 radical (unpaired) electrons. The molecule has 3 rings (SSSR count). The number of nitrogens with zero attached hydrogens (tertiary/aromatic N) is 2. The summed E-state index contributed by atoms with van der Waals surface area (Å²) in [6, 6.07) is 10.1. The van der Waals surface area contributed by atoms with Gasteiger partial charge in [-0.15, -0.1) is 0 Å². The Morgan fingerprint density at radius 2 is 1.95 bits per heavy atom. The standard InChI is InChI=1S/C17H20N2OS/c1-12(20)11-19-15-10-6-5-9-14(15)17(21)18-16(19)13-7-3-2-4-8-13/h2-4,7-8,12,20H,5-6,9-11H2,1H3/t12-/m0/s1. The van der Waals surface area contributed by atoms with Crippen LogP contribution in [-0.2, 0) is 19.4 Å². The summed E-state index contributed by atoms with van der Waals surface area (Å²) in [5.41, 5.74) is 3.52. The van der Waals surface area contributed by atoms with Crippen molar-refractivity contribution in [3.05, 3.63) is 46.2 Å². The molecule has 0 saturated heterocycles. The highest BCUT2D eigenvalue weighted by molar-refractivity contribution is 7.71. The van der Waals surface area contributed by atoms with E-state index in [2.05, 4.69) is 9.55 Å². The molecule has 110 valence electrons. The molecular weight excluding hydrogens is 280 g/mol. The van der Waals surface area contributed by atoms with Crippen LogP contribution in [0.25, 0.3) is 11.4 Å². The van der Waals surface area contributed by atoms with Crippen molar-refractivity contribution in [3.63, 3.8) is 0 Å². The topological polar surface area (TPSA) is 38.0 Å². The lowest BCUT2D eigenvalue weighted by Gasteiger charge is -2.25. The molecule has 4 heteroatoms. The summed E-state index contributed by atoms with van der Waals surface area (Å²) in [6.07, 6.45) is 3.99. The van der Waals surface area contributed by atoms with Crippen molar-refractivity contribution in [2.45, 2.75) is 45.3 Å². The summed E-state index contributed by atoms with van der Waals surface area (Å²) in [6.45, 7) is 2.38. The maximum Gasteiger partial charge on any atom is 0.141 e. The second-order valence-electron chi connectivity index (χ2n) is 5.70. The average Bonchev–Trinajstić information content (AvgIpc) is 2.50. The smallest absolute Gasteiger partial charge is 0.141 e. The fourth-order valence-corrected chi connectivity index (χ4v) is 3.34. The van der Waals surface area contributed by atoms with E-state index in [-0.39, 0.29) is 0 Å². The first-order chi connectivity index (χ1) is 10.2. The number of rotatable bonds is 3. The van der Waals surface area contributed by atoms with E-state index in [0.717, 1.165) is 28.9 Å². The maximum atomic E-state index is 9.87. The van der Waals surface area contributed by atoms with E-state index < -0.39 is 6.10 Å². The monoisotopic (exact) mass is 300 g/mol. The van der Waals surface area contributed by atoms with E-state index in [4.69, 9.17) is 12.2 Å². The predicted octanol–water partition coefficient (Wildman–Crippen LogP) is 3.54. The van der Waals surface area contributed by atoms with Crippen LogP contribution in [0.5, 0.6) is 0 Å². The van der Waals surface area contributed by atoms with Gasteiger partial charge in [-0.3, -0.25) is 0 Å². The number of aromatic nitrogens is 2. The summed E-state index contributed by atoms with van der Waals surface area (Å²) < 4.78 is 2.90. The predicted molar refractivity (Wildman–Crippen MR) is 86.8 cm³/mol. The number of benzene rings is 1. The molecule has 0 aliphatic heterocycles. The number of hydrogen-bond acceptors (Lipinski definition) is 3. The number of aliphatic hydroxyl groups is 1. The molecule has 1 N–H and O–H groups in total. The van der Waals surface area contributed by atoms with Crippen molar-refractivity contribution in [2.75, 3.05) is 0 Å². The lowest BCUT2D eigenvalue weighted by atomic mass is 9.96. The zero-order chi connectivity index (χ0) is 14.8. The van der Waals surface area contributed by atoms with Gasteiger partial charge in [-0.05, 0) is 32.6 Å². The Kier molecular flexibility index (Phi) is 4.17. The second-order valence-corrected chi connectivity index (χ2v) is 6.09. The first kappa shape index (κ1) is 14.4. The van der Waals surface area contributed by atoms with Crippen molar-refractivity contribution in [1.29, 1.82) is 0 Å². The minimum atomic E-state index is -0.402. The Bertz CT molecular complexity index is 692. The molecule has 2 aromatic rings. The third-order valence-electron chi connectivity index (χ3n) is 3.96. The van der Waals surface area contributed by atoms with E-state index in [1.165, 1.54) is 24.1 Å². The van der Waals surface area contributed by atoms with E-state index in [0.29, 0.717) is 6.54 Å². The summed E-state index contributed by atoms with van der Waals surface area (Å²) in [7, 11) is 0. The highest BCUT2D eigenvalue weighted by Crippen LogP contribution is 2.27. The van der Waals surface area contributed by atoms with Gasteiger partial charge in [-0.2, -0.15) is 0 Å². The summed E-state index contributed by atoms with van der Waals surface area (Å²) in [5.74, 6) is 0.877.